The monoisotopic (exact) mass is 437 g/mol. The Kier molecular flexibility index (Phi) is 6.02. The topological polar surface area (TPSA) is 65.4 Å². The number of rotatable bonds is 6. The van der Waals surface area contributed by atoms with Crippen LogP contribution in [0.3, 0.4) is 0 Å². The van der Waals surface area contributed by atoms with Crippen molar-refractivity contribution in [1.82, 2.24) is 14.9 Å². The zero-order valence-corrected chi connectivity index (χ0v) is 18.3. The fourth-order valence-corrected chi connectivity index (χ4v) is 5.34. The molecular weight excluding hydrogens is 410 g/mol. The maximum absolute atomic E-state index is 12.4. The SMILES string of the molecule is O=C(CCSc1ccc2c(c1)OCCO2)NC1CCC(n2cccc3ccnc2-3)CC1. The fourth-order valence-electron chi connectivity index (χ4n) is 4.46. The zero-order chi connectivity index (χ0) is 21.0. The molecule has 0 aromatic heterocycles. The standard InChI is InChI=1S/C24H27N3O3S/c28-23(10-15-31-20-7-8-21-22(16-20)30-14-13-29-21)26-18-3-5-19(6-4-18)27-12-1-2-17-9-11-25-24(17)27/h1-2,7-9,11-12,16,18-19H,3-6,10,13-15H2,(H,26,28). The van der Waals surface area contributed by atoms with E-state index in [1.807, 2.05) is 24.4 Å². The van der Waals surface area contributed by atoms with Gasteiger partial charge in [0, 0.05) is 47.1 Å². The second kappa shape index (κ2) is 9.22. The van der Waals surface area contributed by atoms with Crippen LogP contribution in [-0.2, 0) is 4.79 Å². The maximum atomic E-state index is 12.4. The molecule has 6 nitrogen and oxygen atoms in total. The third kappa shape index (κ3) is 4.66. The first-order valence-electron chi connectivity index (χ1n) is 11.0. The molecule has 0 saturated heterocycles. The minimum atomic E-state index is 0.140. The lowest BCUT2D eigenvalue weighted by Crippen LogP contribution is -2.38. The molecule has 0 atom stereocenters. The highest BCUT2D eigenvalue weighted by Gasteiger charge is 2.25. The molecule has 1 aliphatic carbocycles. The molecule has 0 radical (unpaired) electrons. The minimum Gasteiger partial charge on any atom is -0.486 e. The number of carbonyl (C=O) groups excluding carboxylic acids is 1. The Bertz CT molecular complexity index is 1010. The van der Waals surface area contributed by atoms with Crippen LogP contribution >= 0.6 is 11.8 Å². The van der Waals surface area contributed by atoms with E-state index in [-0.39, 0.29) is 11.9 Å². The third-order valence-electron chi connectivity index (χ3n) is 6.04. The van der Waals surface area contributed by atoms with Crippen LogP contribution in [0.1, 0.15) is 38.1 Å². The molecule has 0 spiro atoms. The first-order chi connectivity index (χ1) is 15.3. The van der Waals surface area contributed by atoms with E-state index in [0.717, 1.165) is 53.7 Å². The van der Waals surface area contributed by atoms with Gasteiger partial charge >= 0.3 is 0 Å². The highest BCUT2D eigenvalue weighted by molar-refractivity contribution is 7.99. The zero-order valence-electron chi connectivity index (χ0n) is 17.5. The van der Waals surface area contributed by atoms with Crippen LogP contribution in [0.5, 0.6) is 11.5 Å². The van der Waals surface area contributed by atoms with Gasteiger partial charge in [0.15, 0.2) is 11.5 Å². The van der Waals surface area contributed by atoms with E-state index >= 15 is 0 Å². The molecule has 0 unspecified atom stereocenters. The molecule has 31 heavy (non-hydrogen) atoms. The highest BCUT2D eigenvalue weighted by Crippen LogP contribution is 2.35. The molecule has 1 saturated carbocycles. The van der Waals surface area contributed by atoms with Gasteiger partial charge in [-0.05, 0) is 62.1 Å². The summed E-state index contributed by atoms with van der Waals surface area (Å²) in [6.07, 6.45) is 8.67. The number of pyridine rings is 1. The van der Waals surface area contributed by atoms with Gasteiger partial charge in [0.1, 0.15) is 19.0 Å². The van der Waals surface area contributed by atoms with Gasteiger partial charge in [-0.3, -0.25) is 4.79 Å². The molecule has 0 bridgehead atoms. The van der Waals surface area contributed by atoms with Gasteiger partial charge in [-0.15, -0.1) is 11.8 Å². The Morgan fingerprint density at radius 2 is 1.94 bits per heavy atom. The lowest BCUT2D eigenvalue weighted by Gasteiger charge is -2.31. The van der Waals surface area contributed by atoms with Crippen LogP contribution < -0.4 is 14.8 Å². The van der Waals surface area contributed by atoms with Gasteiger partial charge in [-0.1, -0.05) is 0 Å². The summed E-state index contributed by atoms with van der Waals surface area (Å²) < 4.78 is 13.5. The summed E-state index contributed by atoms with van der Waals surface area (Å²) in [6, 6.07) is 13.0. The molecule has 1 aromatic rings. The van der Waals surface area contributed by atoms with Crippen LogP contribution in [0.25, 0.3) is 11.4 Å². The number of amides is 1. The number of hydrogen-bond donors (Lipinski definition) is 1. The molecule has 3 aliphatic heterocycles. The molecule has 4 aliphatic rings. The van der Waals surface area contributed by atoms with Gasteiger partial charge in [-0.2, -0.15) is 0 Å². The third-order valence-corrected chi connectivity index (χ3v) is 7.04. The molecule has 5 rings (SSSR count). The average Bonchev–Trinajstić information content (AvgIpc) is 3.29. The van der Waals surface area contributed by atoms with E-state index in [9.17, 15) is 4.79 Å². The van der Waals surface area contributed by atoms with Crippen LogP contribution in [0.2, 0.25) is 0 Å². The van der Waals surface area contributed by atoms with Gasteiger partial charge in [-0.25, -0.2) is 4.98 Å². The summed E-state index contributed by atoms with van der Waals surface area (Å²) in [5, 5.41) is 3.24. The molecular formula is C24H27N3O3S. The summed E-state index contributed by atoms with van der Waals surface area (Å²) >= 11 is 1.68. The smallest absolute Gasteiger partial charge is 0.221 e. The predicted molar refractivity (Wildman–Crippen MR) is 121 cm³/mol. The van der Waals surface area contributed by atoms with E-state index in [4.69, 9.17) is 9.47 Å². The number of thioether (sulfide) groups is 1. The lowest BCUT2D eigenvalue weighted by atomic mass is 9.90. The second-order valence-electron chi connectivity index (χ2n) is 8.12. The van der Waals surface area contributed by atoms with Crippen molar-refractivity contribution in [2.45, 2.75) is 49.1 Å². The summed E-state index contributed by atoms with van der Waals surface area (Å²) in [5.41, 5.74) is 1.19. The minimum absolute atomic E-state index is 0.140. The Hall–Kier alpha value is -2.67. The van der Waals surface area contributed by atoms with Crippen molar-refractivity contribution in [2.24, 2.45) is 0 Å². The lowest BCUT2D eigenvalue weighted by molar-refractivity contribution is -0.121. The first kappa shape index (κ1) is 20.2. The van der Waals surface area contributed by atoms with Crippen molar-refractivity contribution in [3.05, 3.63) is 48.8 Å². The molecule has 1 amide bonds. The number of hydrogen-bond acceptors (Lipinski definition) is 5. The van der Waals surface area contributed by atoms with Crippen molar-refractivity contribution in [3.63, 3.8) is 0 Å². The van der Waals surface area contributed by atoms with Gasteiger partial charge in [0.05, 0.1) is 0 Å². The summed E-state index contributed by atoms with van der Waals surface area (Å²) in [7, 11) is 0. The molecule has 3 heterocycles. The number of nitrogens with one attached hydrogen (secondary N) is 1. The van der Waals surface area contributed by atoms with Crippen molar-refractivity contribution in [1.29, 1.82) is 0 Å². The average molecular weight is 438 g/mol. The van der Waals surface area contributed by atoms with E-state index < -0.39 is 0 Å². The largest absolute Gasteiger partial charge is 0.486 e. The van der Waals surface area contributed by atoms with Crippen molar-refractivity contribution in [2.75, 3.05) is 19.0 Å². The van der Waals surface area contributed by atoms with E-state index in [0.29, 0.717) is 25.7 Å². The van der Waals surface area contributed by atoms with E-state index in [1.165, 1.54) is 5.56 Å². The van der Waals surface area contributed by atoms with Crippen molar-refractivity contribution in [3.8, 4) is 22.9 Å². The highest BCUT2D eigenvalue weighted by atomic mass is 32.2. The van der Waals surface area contributed by atoms with Crippen molar-refractivity contribution >= 4 is 17.7 Å². The molecule has 1 aromatic carbocycles. The van der Waals surface area contributed by atoms with Crippen LogP contribution in [0.4, 0.5) is 0 Å². The number of nitrogens with zero attached hydrogens (tertiary/aromatic N) is 2. The summed E-state index contributed by atoms with van der Waals surface area (Å²) in [5.74, 6) is 3.55. The normalized spacial score (nSPS) is 20.5. The second-order valence-corrected chi connectivity index (χ2v) is 9.28. The first-order valence-corrected chi connectivity index (χ1v) is 12.0. The number of carbonyl (C=O) groups is 1. The number of benzene rings is 1. The molecule has 7 heteroatoms. The van der Waals surface area contributed by atoms with Crippen LogP contribution in [-0.4, -0.2) is 40.5 Å². The summed E-state index contributed by atoms with van der Waals surface area (Å²) in [6.45, 7) is 1.18. The number of aromatic nitrogens is 2. The van der Waals surface area contributed by atoms with E-state index in [1.54, 1.807) is 11.8 Å². The van der Waals surface area contributed by atoms with Crippen LogP contribution in [0.15, 0.2) is 53.7 Å². The molecule has 162 valence electrons. The number of ether oxygens (including phenoxy) is 2. The number of fused-ring (bicyclic) bond motifs is 2. The van der Waals surface area contributed by atoms with E-state index in [2.05, 4.69) is 39.3 Å². The Labute approximate surface area is 186 Å². The van der Waals surface area contributed by atoms with Gasteiger partial charge in [0.2, 0.25) is 5.91 Å². The van der Waals surface area contributed by atoms with Gasteiger partial charge < -0.3 is 19.4 Å². The fraction of sp³-hybridized carbons (Fsp3) is 0.417. The van der Waals surface area contributed by atoms with Crippen molar-refractivity contribution < 1.29 is 14.3 Å². The Morgan fingerprint density at radius 3 is 2.81 bits per heavy atom. The van der Waals surface area contributed by atoms with Gasteiger partial charge in [0.25, 0.3) is 0 Å². The Balaban J connectivity index is 1.06. The molecule has 1 N–H and O–H groups in total. The summed E-state index contributed by atoms with van der Waals surface area (Å²) in [4.78, 5) is 18.1. The quantitative estimate of drug-likeness (QED) is 0.574. The van der Waals surface area contributed by atoms with Crippen LogP contribution in [0, 0.1) is 0 Å². The predicted octanol–water partition coefficient (Wildman–Crippen LogP) is 4.54. The Morgan fingerprint density at radius 1 is 1.10 bits per heavy atom. The maximum Gasteiger partial charge on any atom is 0.221 e. The molecule has 1 fully saturated rings.